The van der Waals surface area contributed by atoms with Crippen LogP contribution >= 0.6 is 0 Å². The maximum Gasteiger partial charge on any atom is 0.254 e. The molecule has 18 heavy (non-hydrogen) atoms. The number of carbonyl (C=O) groups excluding carboxylic acids is 1. The average molecular weight is 247 g/mol. The Morgan fingerprint density at radius 2 is 2.17 bits per heavy atom. The first-order valence-corrected chi connectivity index (χ1v) is 6.66. The third-order valence-corrected chi connectivity index (χ3v) is 3.56. The Hall–Kier alpha value is -1.35. The molecule has 1 aromatic rings. The molecule has 0 unspecified atom stereocenters. The van der Waals surface area contributed by atoms with Crippen molar-refractivity contribution in [3.63, 3.8) is 0 Å². The van der Waals surface area contributed by atoms with E-state index in [2.05, 4.69) is 26.0 Å². The number of aliphatic hydroxyl groups is 1. The third kappa shape index (κ3) is 2.56. The topological polar surface area (TPSA) is 40.5 Å². The van der Waals surface area contributed by atoms with E-state index >= 15 is 0 Å². The lowest BCUT2D eigenvalue weighted by Crippen LogP contribution is -2.38. The number of carbonyl (C=O) groups is 1. The van der Waals surface area contributed by atoms with Crippen LogP contribution in [0.5, 0.6) is 0 Å². The van der Waals surface area contributed by atoms with Gasteiger partial charge in [-0.25, -0.2) is 0 Å². The van der Waals surface area contributed by atoms with Gasteiger partial charge in [-0.05, 0) is 36.0 Å². The van der Waals surface area contributed by atoms with E-state index in [9.17, 15) is 4.79 Å². The maximum atomic E-state index is 12.3. The normalized spacial score (nSPS) is 15.1. The molecule has 0 saturated heterocycles. The molecule has 3 heteroatoms. The van der Waals surface area contributed by atoms with Crippen molar-refractivity contribution in [2.45, 2.75) is 32.6 Å². The van der Waals surface area contributed by atoms with Gasteiger partial charge in [-0.15, -0.1) is 0 Å². The zero-order chi connectivity index (χ0) is 13.1. The minimum Gasteiger partial charge on any atom is -0.396 e. The van der Waals surface area contributed by atoms with Gasteiger partial charge in [0.1, 0.15) is 0 Å². The van der Waals surface area contributed by atoms with Gasteiger partial charge in [0.05, 0.1) is 0 Å². The predicted octanol–water partition coefficient (Wildman–Crippen LogP) is 2.19. The number of nitrogens with zero attached hydrogens (tertiary/aromatic N) is 1. The highest BCUT2D eigenvalue weighted by Crippen LogP contribution is 2.24. The van der Waals surface area contributed by atoms with Crippen molar-refractivity contribution in [3.8, 4) is 0 Å². The van der Waals surface area contributed by atoms with Crippen LogP contribution in [0.2, 0.25) is 0 Å². The molecule has 0 spiro atoms. The van der Waals surface area contributed by atoms with Crippen molar-refractivity contribution in [1.82, 2.24) is 4.90 Å². The minimum atomic E-state index is 0.118. The second kappa shape index (κ2) is 5.53. The van der Waals surface area contributed by atoms with Crippen molar-refractivity contribution in [2.24, 2.45) is 0 Å². The van der Waals surface area contributed by atoms with Gasteiger partial charge in [0.15, 0.2) is 0 Å². The molecule has 98 valence electrons. The fraction of sp³-hybridized carbons (Fsp3) is 0.533. The number of aliphatic hydroxyl groups excluding tert-OH is 1. The Morgan fingerprint density at radius 1 is 1.39 bits per heavy atom. The van der Waals surface area contributed by atoms with Crippen molar-refractivity contribution >= 4 is 5.91 Å². The highest BCUT2D eigenvalue weighted by molar-refractivity contribution is 5.97. The Bertz CT molecular complexity index is 440. The lowest BCUT2D eigenvalue weighted by Gasteiger charge is -2.29. The molecule has 0 fully saturated rings. The number of fused-ring (bicyclic) bond motifs is 1. The molecule has 1 aliphatic heterocycles. The van der Waals surface area contributed by atoms with Gasteiger partial charge in [0.2, 0.25) is 0 Å². The van der Waals surface area contributed by atoms with E-state index in [0.717, 1.165) is 24.1 Å². The number of hydrogen-bond donors (Lipinski definition) is 1. The number of rotatable bonds is 4. The highest BCUT2D eigenvalue weighted by Gasteiger charge is 2.24. The lowest BCUT2D eigenvalue weighted by atomic mass is 9.93. The molecule has 0 saturated carbocycles. The molecule has 2 rings (SSSR count). The van der Waals surface area contributed by atoms with Gasteiger partial charge in [-0.2, -0.15) is 0 Å². The maximum absolute atomic E-state index is 12.3. The smallest absolute Gasteiger partial charge is 0.254 e. The van der Waals surface area contributed by atoms with E-state index in [4.69, 9.17) is 5.11 Å². The summed E-state index contributed by atoms with van der Waals surface area (Å²) in [7, 11) is 0. The predicted molar refractivity (Wildman–Crippen MR) is 71.8 cm³/mol. The molecular formula is C15H21NO2. The molecular weight excluding hydrogens is 226 g/mol. The van der Waals surface area contributed by atoms with Gasteiger partial charge in [-0.1, -0.05) is 26.0 Å². The summed E-state index contributed by atoms with van der Waals surface area (Å²) in [6, 6.07) is 6.25. The van der Waals surface area contributed by atoms with Crippen LogP contribution in [0, 0.1) is 0 Å². The standard InChI is InChI=1S/C15H21NO2/c1-11(2)13-5-4-12-6-8-16(7-3-9-17)15(18)14(12)10-13/h4-5,10-11,17H,3,6-9H2,1-2H3. The molecule has 0 bridgehead atoms. The lowest BCUT2D eigenvalue weighted by molar-refractivity contribution is 0.0729. The second-order valence-corrected chi connectivity index (χ2v) is 5.19. The van der Waals surface area contributed by atoms with Gasteiger partial charge in [0, 0.05) is 25.3 Å². The van der Waals surface area contributed by atoms with Gasteiger partial charge in [0.25, 0.3) is 5.91 Å². The molecule has 3 nitrogen and oxygen atoms in total. The van der Waals surface area contributed by atoms with Crippen LogP contribution in [0.1, 0.15) is 47.7 Å². The third-order valence-electron chi connectivity index (χ3n) is 3.56. The molecule has 1 heterocycles. The van der Waals surface area contributed by atoms with Crippen LogP contribution in [0.25, 0.3) is 0 Å². The fourth-order valence-corrected chi connectivity index (χ4v) is 2.37. The molecule has 1 aromatic carbocycles. The summed E-state index contributed by atoms with van der Waals surface area (Å²) in [6.45, 7) is 5.84. The van der Waals surface area contributed by atoms with E-state index in [0.29, 0.717) is 18.9 Å². The van der Waals surface area contributed by atoms with Crippen molar-refractivity contribution in [3.05, 3.63) is 34.9 Å². The summed E-state index contributed by atoms with van der Waals surface area (Å²) in [4.78, 5) is 14.2. The SMILES string of the molecule is CC(C)c1ccc2c(c1)C(=O)N(CCCO)CC2. The van der Waals surface area contributed by atoms with Crippen molar-refractivity contribution in [2.75, 3.05) is 19.7 Å². The summed E-state index contributed by atoms with van der Waals surface area (Å²) in [5.41, 5.74) is 3.22. The van der Waals surface area contributed by atoms with Gasteiger partial charge in [-0.3, -0.25) is 4.79 Å². The molecule has 1 N–H and O–H groups in total. The van der Waals surface area contributed by atoms with Crippen LogP contribution in [0.4, 0.5) is 0 Å². The van der Waals surface area contributed by atoms with Crippen LogP contribution in [-0.2, 0) is 6.42 Å². The summed E-state index contributed by atoms with van der Waals surface area (Å²) in [6.07, 6.45) is 1.58. The van der Waals surface area contributed by atoms with E-state index in [-0.39, 0.29) is 12.5 Å². The summed E-state index contributed by atoms with van der Waals surface area (Å²) < 4.78 is 0. The number of amides is 1. The van der Waals surface area contributed by atoms with Crippen molar-refractivity contribution < 1.29 is 9.90 Å². The summed E-state index contributed by atoms with van der Waals surface area (Å²) in [5, 5.41) is 8.86. The largest absolute Gasteiger partial charge is 0.396 e. The van der Waals surface area contributed by atoms with Crippen LogP contribution < -0.4 is 0 Å². The van der Waals surface area contributed by atoms with Gasteiger partial charge >= 0.3 is 0 Å². The molecule has 0 radical (unpaired) electrons. The first-order valence-electron chi connectivity index (χ1n) is 6.66. The average Bonchev–Trinajstić information content (AvgIpc) is 2.37. The zero-order valence-corrected chi connectivity index (χ0v) is 11.1. The Balaban J connectivity index is 2.24. The number of benzene rings is 1. The van der Waals surface area contributed by atoms with Crippen LogP contribution in [-0.4, -0.2) is 35.6 Å². The van der Waals surface area contributed by atoms with Crippen LogP contribution in [0.15, 0.2) is 18.2 Å². The highest BCUT2D eigenvalue weighted by atomic mass is 16.3. The molecule has 1 aliphatic rings. The van der Waals surface area contributed by atoms with E-state index in [1.54, 1.807) is 0 Å². The van der Waals surface area contributed by atoms with E-state index in [1.165, 1.54) is 5.56 Å². The Kier molecular flexibility index (Phi) is 4.02. The summed E-state index contributed by atoms with van der Waals surface area (Å²) >= 11 is 0. The monoisotopic (exact) mass is 247 g/mol. The second-order valence-electron chi connectivity index (χ2n) is 5.19. The van der Waals surface area contributed by atoms with E-state index < -0.39 is 0 Å². The van der Waals surface area contributed by atoms with Crippen molar-refractivity contribution in [1.29, 1.82) is 0 Å². The molecule has 1 amide bonds. The molecule has 0 atom stereocenters. The number of hydrogen-bond acceptors (Lipinski definition) is 2. The quantitative estimate of drug-likeness (QED) is 0.886. The molecule has 0 aromatic heterocycles. The summed E-state index contributed by atoms with van der Waals surface area (Å²) in [5.74, 6) is 0.558. The zero-order valence-electron chi connectivity index (χ0n) is 11.1. The van der Waals surface area contributed by atoms with E-state index in [1.807, 2.05) is 11.0 Å². The Morgan fingerprint density at radius 3 is 2.83 bits per heavy atom. The first kappa shape index (κ1) is 13.1. The van der Waals surface area contributed by atoms with Gasteiger partial charge < -0.3 is 10.0 Å². The first-order chi connectivity index (χ1) is 8.63. The van der Waals surface area contributed by atoms with Crippen LogP contribution in [0.3, 0.4) is 0 Å². The fourth-order valence-electron chi connectivity index (χ4n) is 2.37. The molecule has 0 aliphatic carbocycles. The minimum absolute atomic E-state index is 0.118. The Labute approximate surface area is 108 Å².